The molecule has 16 heavy (non-hydrogen) atoms. The first-order chi connectivity index (χ1) is 7.58. The Morgan fingerprint density at radius 3 is 2.75 bits per heavy atom. The van der Waals surface area contributed by atoms with Crippen molar-refractivity contribution in [1.82, 2.24) is 9.78 Å². The SMILES string of the molecule is O=C(O)c1ccc(-n2cc(I)cn2)c(F)c1. The van der Waals surface area contributed by atoms with Gasteiger partial charge in [0.05, 0.1) is 15.3 Å². The van der Waals surface area contributed by atoms with Crippen LogP contribution in [0.1, 0.15) is 10.4 Å². The van der Waals surface area contributed by atoms with Crippen molar-refractivity contribution in [1.29, 1.82) is 0 Å². The minimum absolute atomic E-state index is 0.0805. The van der Waals surface area contributed by atoms with Gasteiger partial charge in [-0.1, -0.05) is 0 Å². The van der Waals surface area contributed by atoms with E-state index in [1.165, 1.54) is 16.8 Å². The third kappa shape index (κ3) is 2.06. The van der Waals surface area contributed by atoms with Crippen LogP contribution in [0.5, 0.6) is 0 Å². The summed E-state index contributed by atoms with van der Waals surface area (Å²) < 4.78 is 15.8. The molecule has 0 fully saturated rings. The van der Waals surface area contributed by atoms with Crippen molar-refractivity contribution >= 4 is 28.6 Å². The molecule has 82 valence electrons. The number of hydrogen-bond acceptors (Lipinski definition) is 2. The Kier molecular flexibility index (Phi) is 2.90. The Morgan fingerprint density at radius 1 is 1.50 bits per heavy atom. The van der Waals surface area contributed by atoms with E-state index in [0.29, 0.717) is 0 Å². The molecule has 0 saturated heterocycles. The first kappa shape index (κ1) is 11.1. The maximum Gasteiger partial charge on any atom is 0.335 e. The summed E-state index contributed by atoms with van der Waals surface area (Å²) >= 11 is 2.06. The van der Waals surface area contributed by atoms with Crippen molar-refractivity contribution in [2.75, 3.05) is 0 Å². The van der Waals surface area contributed by atoms with Crippen LogP contribution in [-0.4, -0.2) is 20.9 Å². The second-order valence-electron chi connectivity index (χ2n) is 3.07. The number of halogens is 2. The molecule has 0 aliphatic carbocycles. The summed E-state index contributed by atoms with van der Waals surface area (Å²) in [5.74, 6) is -1.76. The van der Waals surface area contributed by atoms with Gasteiger partial charge in [-0.2, -0.15) is 5.10 Å². The van der Waals surface area contributed by atoms with Gasteiger partial charge in [-0.25, -0.2) is 13.9 Å². The molecule has 1 N–H and O–H groups in total. The minimum Gasteiger partial charge on any atom is -0.478 e. The number of aromatic carboxylic acids is 1. The number of rotatable bonds is 2. The molecule has 0 aliphatic heterocycles. The van der Waals surface area contributed by atoms with E-state index < -0.39 is 11.8 Å². The van der Waals surface area contributed by atoms with Gasteiger partial charge in [0, 0.05) is 6.20 Å². The van der Waals surface area contributed by atoms with Gasteiger partial charge >= 0.3 is 5.97 Å². The lowest BCUT2D eigenvalue weighted by Gasteiger charge is -2.03. The van der Waals surface area contributed by atoms with Crippen molar-refractivity contribution in [3.05, 3.63) is 45.5 Å². The average molecular weight is 332 g/mol. The highest BCUT2D eigenvalue weighted by Gasteiger charge is 2.10. The zero-order valence-corrected chi connectivity index (χ0v) is 10.1. The van der Waals surface area contributed by atoms with Gasteiger partial charge in [0.1, 0.15) is 11.5 Å². The monoisotopic (exact) mass is 332 g/mol. The van der Waals surface area contributed by atoms with Crippen LogP contribution in [0, 0.1) is 9.39 Å². The molecular formula is C10H6FIN2O2. The predicted molar refractivity (Wildman–Crippen MR) is 63.2 cm³/mol. The molecule has 1 aromatic heterocycles. The minimum atomic E-state index is -1.15. The van der Waals surface area contributed by atoms with Crippen LogP contribution in [0.15, 0.2) is 30.6 Å². The maximum absolute atomic E-state index is 13.6. The quantitative estimate of drug-likeness (QED) is 0.859. The Hall–Kier alpha value is -1.44. The molecule has 0 radical (unpaired) electrons. The number of benzene rings is 1. The molecule has 0 spiro atoms. The molecule has 0 aliphatic rings. The van der Waals surface area contributed by atoms with Crippen molar-refractivity contribution < 1.29 is 14.3 Å². The number of nitrogens with zero attached hydrogens (tertiary/aromatic N) is 2. The summed E-state index contributed by atoms with van der Waals surface area (Å²) in [6.45, 7) is 0. The van der Waals surface area contributed by atoms with Gasteiger partial charge in [0.15, 0.2) is 0 Å². The van der Waals surface area contributed by atoms with Crippen LogP contribution < -0.4 is 0 Å². The lowest BCUT2D eigenvalue weighted by atomic mass is 10.2. The summed E-state index contributed by atoms with van der Waals surface area (Å²) in [4.78, 5) is 10.6. The van der Waals surface area contributed by atoms with Gasteiger partial charge in [-0.05, 0) is 40.8 Å². The van der Waals surface area contributed by atoms with Gasteiger partial charge in [0.2, 0.25) is 0 Å². The largest absolute Gasteiger partial charge is 0.478 e. The lowest BCUT2D eigenvalue weighted by molar-refractivity contribution is 0.0696. The van der Waals surface area contributed by atoms with Crippen molar-refractivity contribution in [2.24, 2.45) is 0 Å². The van der Waals surface area contributed by atoms with Gasteiger partial charge in [-0.3, -0.25) is 0 Å². The molecular weight excluding hydrogens is 326 g/mol. The first-order valence-corrected chi connectivity index (χ1v) is 5.39. The smallest absolute Gasteiger partial charge is 0.335 e. The number of hydrogen-bond donors (Lipinski definition) is 1. The number of carboxylic acid groups (broad SMARTS) is 1. The maximum atomic E-state index is 13.6. The number of aromatic nitrogens is 2. The highest BCUT2D eigenvalue weighted by atomic mass is 127. The fourth-order valence-electron chi connectivity index (χ4n) is 1.26. The van der Waals surface area contributed by atoms with Crippen LogP contribution in [0.3, 0.4) is 0 Å². The summed E-state index contributed by atoms with van der Waals surface area (Å²) in [6.07, 6.45) is 3.24. The van der Waals surface area contributed by atoms with E-state index >= 15 is 0 Å². The molecule has 0 bridgehead atoms. The van der Waals surface area contributed by atoms with Gasteiger partial charge in [0.25, 0.3) is 0 Å². The molecule has 2 aromatic rings. The van der Waals surface area contributed by atoms with Crippen LogP contribution in [-0.2, 0) is 0 Å². The summed E-state index contributed by atoms with van der Waals surface area (Å²) in [5.41, 5.74) is 0.149. The third-order valence-electron chi connectivity index (χ3n) is 1.99. The summed E-state index contributed by atoms with van der Waals surface area (Å²) in [5, 5.41) is 12.6. The molecule has 4 nitrogen and oxygen atoms in total. The molecule has 0 atom stereocenters. The zero-order chi connectivity index (χ0) is 11.7. The van der Waals surface area contributed by atoms with Crippen molar-refractivity contribution in [3.63, 3.8) is 0 Å². The van der Waals surface area contributed by atoms with Crippen molar-refractivity contribution in [2.45, 2.75) is 0 Å². The van der Waals surface area contributed by atoms with E-state index in [2.05, 4.69) is 27.7 Å². The fraction of sp³-hybridized carbons (Fsp3) is 0. The zero-order valence-electron chi connectivity index (χ0n) is 7.89. The Labute approximate surface area is 104 Å². The molecule has 0 saturated carbocycles. The Bertz CT molecular complexity index is 554. The lowest BCUT2D eigenvalue weighted by Crippen LogP contribution is -2.02. The van der Waals surface area contributed by atoms with Crippen LogP contribution in [0.2, 0.25) is 0 Å². The molecule has 6 heteroatoms. The second kappa shape index (κ2) is 4.20. The van der Waals surface area contributed by atoms with E-state index in [1.807, 2.05) is 0 Å². The highest BCUT2D eigenvalue weighted by molar-refractivity contribution is 14.1. The highest BCUT2D eigenvalue weighted by Crippen LogP contribution is 2.15. The van der Waals surface area contributed by atoms with E-state index in [4.69, 9.17) is 5.11 Å². The van der Waals surface area contributed by atoms with Crippen molar-refractivity contribution in [3.8, 4) is 5.69 Å². The average Bonchev–Trinajstić information content (AvgIpc) is 2.64. The summed E-state index contributed by atoms with van der Waals surface area (Å²) in [7, 11) is 0. The summed E-state index contributed by atoms with van der Waals surface area (Å²) in [6, 6.07) is 3.71. The standard InChI is InChI=1S/C10H6FIN2O2/c11-8-3-6(10(15)16)1-2-9(8)14-5-7(12)4-13-14/h1-5H,(H,15,16). The van der Waals surface area contributed by atoms with Crippen LogP contribution >= 0.6 is 22.6 Å². The Balaban J connectivity index is 2.47. The van der Waals surface area contributed by atoms with E-state index in [1.54, 1.807) is 12.4 Å². The second-order valence-corrected chi connectivity index (χ2v) is 4.32. The van der Waals surface area contributed by atoms with Crippen LogP contribution in [0.4, 0.5) is 4.39 Å². The Morgan fingerprint density at radius 2 is 2.25 bits per heavy atom. The normalized spacial score (nSPS) is 10.4. The first-order valence-electron chi connectivity index (χ1n) is 4.31. The number of carbonyl (C=O) groups is 1. The molecule has 2 rings (SSSR count). The van der Waals surface area contributed by atoms with E-state index in [-0.39, 0.29) is 11.3 Å². The number of carboxylic acids is 1. The van der Waals surface area contributed by atoms with E-state index in [9.17, 15) is 9.18 Å². The molecule has 1 aromatic carbocycles. The van der Waals surface area contributed by atoms with Crippen LogP contribution in [0.25, 0.3) is 5.69 Å². The topological polar surface area (TPSA) is 55.1 Å². The molecule has 0 amide bonds. The molecule has 1 heterocycles. The fourth-order valence-corrected chi connectivity index (χ4v) is 1.65. The molecule has 0 unspecified atom stereocenters. The predicted octanol–water partition coefficient (Wildman–Crippen LogP) is 2.31. The van der Waals surface area contributed by atoms with E-state index in [0.717, 1.165) is 9.64 Å². The third-order valence-corrected chi connectivity index (χ3v) is 2.55. The van der Waals surface area contributed by atoms with Gasteiger partial charge in [-0.15, -0.1) is 0 Å². The van der Waals surface area contributed by atoms with Gasteiger partial charge < -0.3 is 5.11 Å².